The normalized spacial score (nSPS) is 14.7. The molecule has 3 aromatic carbocycles. The minimum atomic E-state index is -0.619. The van der Waals surface area contributed by atoms with E-state index in [9.17, 15) is 18.4 Å². The Morgan fingerprint density at radius 2 is 1.64 bits per heavy atom. The highest BCUT2D eigenvalue weighted by molar-refractivity contribution is 9.11. The molecule has 9 heteroatoms. The van der Waals surface area contributed by atoms with E-state index in [0.717, 1.165) is 10.5 Å². The summed E-state index contributed by atoms with van der Waals surface area (Å²) in [6.07, 6.45) is 1.53. The smallest absolute Gasteiger partial charge is 0.329 e. The van der Waals surface area contributed by atoms with Gasteiger partial charge >= 0.3 is 6.03 Å². The molecule has 1 fully saturated rings. The van der Waals surface area contributed by atoms with Crippen LogP contribution in [0, 0.1) is 11.6 Å². The molecular formula is C24H16Br2F2N2O3. The van der Waals surface area contributed by atoms with Crippen molar-refractivity contribution in [3.05, 3.63) is 104 Å². The second kappa shape index (κ2) is 9.84. The van der Waals surface area contributed by atoms with Gasteiger partial charge in [-0.1, -0.05) is 30.3 Å². The molecule has 33 heavy (non-hydrogen) atoms. The Balaban J connectivity index is 1.50. The van der Waals surface area contributed by atoms with Gasteiger partial charge in [0, 0.05) is 5.56 Å². The molecule has 1 N–H and O–H groups in total. The average molecular weight is 578 g/mol. The molecule has 0 saturated carbocycles. The first-order valence-electron chi connectivity index (χ1n) is 9.76. The van der Waals surface area contributed by atoms with Crippen molar-refractivity contribution in [2.75, 3.05) is 0 Å². The van der Waals surface area contributed by atoms with Gasteiger partial charge in [-0.3, -0.25) is 9.69 Å². The first-order valence-corrected chi connectivity index (χ1v) is 11.3. The molecule has 0 aliphatic carbocycles. The van der Waals surface area contributed by atoms with Crippen LogP contribution in [-0.4, -0.2) is 16.8 Å². The van der Waals surface area contributed by atoms with Gasteiger partial charge < -0.3 is 10.1 Å². The van der Waals surface area contributed by atoms with Crippen LogP contribution in [0.3, 0.4) is 0 Å². The van der Waals surface area contributed by atoms with Gasteiger partial charge in [0.1, 0.15) is 29.7 Å². The van der Waals surface area contributed by atoms with Gasteiger partial charge in [-0.2, -0.15) is 0 Å². The van der Waals surface area contributed by atoms with E-state index in [1.807, 2.05) is 0 Å². The van der Waals surface area contributed by atoms with Gasteiger partial charge in [0.15, 0.2) is 0 Å². The lowest BCUT2D eigenvalue weighted by atomic mass is 10.1. The lowest BCUT2D eigenvalue weighted by Gasteiger charge is -2.12. The third-order valence-corrected chi connectivity index (χ3v) is 6.05. The van der Waals surface area contributed by atoms with Gasteiger partial charge in [-0.15, -0.1) is 0 Å². The standard InChI is InChI=1S/C24H16Br2F2N2O3/c25-18-9-15(10-19(26)22(18)33-13-14-5-7-17(27)8-6-14)11-21-23(31)30(24(32)29-21)12-16-3-1-2-4-20(16)28/h1-11H,12-13H2,(H,29,32)/b21-11+. The molecule has 0 radical (unpaired) electrons. The van der Waals surface area contributed by atoms with E-state index in [4.69, 9.17) is 4.74 Å². The highest BCUT2D eigenvalue weighted by atomic mass is 79.9. The summed E-state index contributed by atoms with van der Waals surface area (Å²) in [7, 11) is 0. The second-order valence-corrected chi connectivity index (χ2v) is 8.91. The van der Waals surface area contributed by atoms with E-state index >= 15 is 0 Å². The summed E-state index contributed by atoms with van der Waals surface area (Å²) < 4.78 is 34.1. The molecule has 0 aromatic heterocycles. The molecule has 168 valence electrons. The molecule has 0 spiro atoms. The molecule has 0 bridgehead atoms. The number of imide groups is 1. The molecule has 1 saturated heterocycles. The molecule has 1 aliphatic rings. The van der Waals surface area contributed by atoms with Crippen LogP contribution < -0.4 is 10.1 Å². The molecule has 1 aliphatic heterocycles. The maximum absolute atomic E-state index is 13.9. The van der Waals surface area contributed by atoms with Crippen LogP contribution in [0.4, 0.5) is 13.6 Å². The maximum Gasteiger partial charge on any atom is 0.329 e. The quantitative estimate of drug-likeness (QED) is 0.282. The van der Waals surface area contributed by atoms with Crippen molar-refractivity contribution in [3.8, 4) is 5.75 Å². The van der Waals surface area contributed by atoms with Crippen molar-refractivity contribution < 1.29 is 23.1 Å². The third-order valence-electron chi connectivity index (χ3n) is 4.88. The number of hydrogen-bond acceptors (Lipinski definition) is 3. The Labute approximate surface area is 205 Å². The van der Waals surface area contributed by atoms with Crippen molar-refractivity contribution in [1.82, 2.24) is 10.2 Å². The molecule has 1 heterocycles. The molecule has 3 aromatic rings. The van der Waals surface area contributed by atoms with Crippen LogP contribution >= 0.6 is 31.9 Å². The van der Waals surface area contributed by atoms with E-state index in [2.05, 4.69) is 37.2 Å². The minimum absolute atomic E-state index is 0.0788. The first-order chi connectivity index (χ1) is 15.8. The molecular weight excluding hydrogens is 562 g/mol. The molecule has 0 atom stereocenters. The number of benzene rings is 3. The van der Waals surface area contributed by atoms with Crippen LogP contribution in [-0.2, 0) is 17.9 Å². The number of nitrogens with one attached hydrogen (secondary N) is 1. The van der Waals surface area contributed by atoms with E-state index in [1.54, 1.807) is 36.4 Å². The zero-order chi connectivity index (χ0) is 23.5. The monoisotopic (exact) mass is 576 g/mol. The lowest BCUT2D eigenvalue weighted by molar-refractivity contribution is -0.123. The van der Waals surface area contributed by atoms with Gasteiger partial charge in [0.05, 0.1) is 15.5 Å². The SMILES string of the molecule is O=C1N/C(=C/c2cc(Br)c(OCc3ccc(F)cc3)c(Br)c2)C(=O)N1Cc1ccccc1F. The Kier molecular flexibility index (Phi) is 6.90. The van der Waals surface area contributed by atoms with Crippen LogP contribution in [0.25, 0.3) is 6.08 Å². The van der Waals surface area contributed by atoms with Crippen molar-refractivity contribution in [2.24, 2.45) is 0 Å². The van der Waals surface area contributed by atoms with Gasteiger partial charge in [0.2, 0.25) is 0 Å². The Bertz CT molecular complexity index is 1240. The van der Waals surface area contributed by atoms with E-state index < -0.39 is 17.8 Å². The third kappa shape index (κ3) is 5.31. The van der Waals surface area contributed by atoms with Gasteiger partial charge in [-0.25, -0.2) is 13.6 Å². The lowest BCUT2D eigenvalue weighted by Crippen LogP contribution is -2.30. The first kappa shape index (κ1) is 23.1. The predicted molar refractivity (Wildman–Crippen MR) is 126 cm³/mol. The largest absolute Gasteiger partial charge is 0.487 e. The summed E-state index contributed by atoms with van der Waals surface area (Å²) in [5.41, 5.74) is 1.75. The molecule has 4 rings (SSSR count). The van der Waals surface area contributed by atoms with Gasteiger partial charge in [0.25, 0.3) is 5.91 Å². The van der Waals surface area contributed by atoms with Crippen LogP contribution in [0.5, 0.6) is 5.75 Å². The number of rotatable bonds is 6. The summed E-state index contributed by atoms with van der Waals surface area (Å²) in [5.74, 6) is -0.823. The fraction of sp³-hybridized carbons (Fsp3) is 0.0833. The highest BCUT2D eigenvalue weighted by Crippen LogP contribution is 2.36. The summed E-state index contributed by atoms with van der Waals surface area (Å²) >= 11 is 6.91. The Morgan fingerprint density at radius 1 is 0.970 bits per heavy atom. The van der Waals surface area contributed by atoms with E-state index in [1.165, 1.54) is 30.3 Å². The number of halogens is 4. The van der Waals surface area contributed by atoms with Crippen molar-refractivity contribution in [3.63, 3.8) is 0 Å². The summed E-state index contributed by atoms with van der Waals surface area (Å²) in [4.78, 5) is 26.0. The summed E-state index contributed by atoms with van der Waals surface area (Å²) in [5, 5.41) is 2.53. The minimum Gasteiger partial charge on any atom is -0.487 e. The Hall–Kier alpha value is -3.04. The van der Waals surface area contributed by atoms with Gasteiger partial charge in [-0.05, 0) is 79.4 Å². The fourth-order valence-corrected chi connectivity index (χ4v) is 4.67. The average Bonchev–Trinajstić information content (AvgIpc) is 3.03. The zero-order valence-electron chi connectivity index (χ0n) is 16.9. The van der Waals surface area contributed by atoms with Crippen molar-refractivity contribution in [1.29, 1.82) is 0 Å². The van der Waals surface area contributed by atoms with Crippen molar-refractivity contribution >= 4 is 49.9 Å². The fourth-order valence-electron chi connectivity index (χ4n) is 3.22. The topological polar surface area (TPSA) is 58.6 Å². The number of carbonyl (C=O) groups is 2. The van der Waals surface area contributed by atoms with Crippen LogP contribution in [0.1, 0.15) is 16.7 Å². The summed E-state index contributed by atoms with van der Waals surface area (Å²) in [6, 6.07) is 14.8. The molecule has 0 unspecified atom stereocenters. The molecule has 3 amide bonds. The van der Waals surface area contributed by atoms with E-state index in [-0.39, 0.29) is 30.2 Å². The number of nitrogens with zero attached hydrogens (tertiary/aromatic N) is 1. The zero-order valence-corrected chi connectivity index (χ0v) is 20.1. The second-order valence-electron chi connectivity index (χ2n) is 7.20. The van der Waals surface area contributed by atoms with Crippen molar-refractivity contribution in [2.45, 2.75) is 13.2 Å². The number of amides is 3. The number of carbonyl (C=O) groups excluding carboxylic acids is 2. The number of ether oxygens (including phenoxy) is 1. The molecule has 5 nitrogen and oxygen atoms in total. The highest BCUT2D eigenvalue weighted by Gasteiger charge is 2.34. The number of hydrogen-bond donors (Lipinski definition) is 1. The van der Waals surface area contributed by atoms with Crippen LogP contribution in [0.15, 0.2) is 75.3 Å². The summed E-state index contributed by atoms with van der Waals surface area (Å²) in [6.45, 7) is 0.0652. The maximum atomic E-state index is 13.9. The van der Waals surface area contributed by atoms with Crippen LogP contribution in [0.2, 0.25) is 0 Å². The number of urea groups is 1. The Morgan fingerprint density at radius 3 is 2.30 bits per heavy atom. The predicted octanol–water partition coefficient (Wildman–Crippen LogP) is 6.16. The van der Waals surface area contributed by atoms with E-state index in [0.29, 0.717) is 20.3 Å².